The summed E-state index contributed by atoms with van der Waals surface area (Å²) in [6.45, 7) is 8.35. The highest BCUT2D eigenvalue weighted by Crippen LogP contribution is 2.42. The van der Waals surface area contributed by atoms with Crippen molar-refractivity contribution < 1.29 is 8.42 Å². The van der Waals surface area contributed by atoms with E-state index in [4.69, 9.17) is 0 Å². The molecular weight excluding hydrogens is 324 g/mol. The lowest BCUT2D eigenvalue weighted by molar-refractivity contribution is 0.235. The van der Waals surface area contributed by atoms with Crippen LogP contribution in [0.15, 0.2) is 4.99 Å². The molecule has 0 saturated heterocycles. The first-order valence-electron chi connectivity index (χ1n) is 9.24. The third-order valence-corrected chi connectivity index (χ3v) is 6.11. The third kappa shape index (κ3) is 7.83. The van der Waals surface area contributed by atoms with E-state index in [0.717, 1.165) is 18.9 Å². The second-order valence-corrected chi connectivity index (χ2v) is 9.40. The van der Waals surface area contributed by atoms with Gasteiger partial charge in [-0.3, -0.25) is 4.99 Å². The molecule has 3 N–H and O–H groups in total. The molecule has 1 rings (SSSR count). The van der Waals surface area contributed by atoms with Gasteiger partial charge >= 0.3 is 0 Å². The van der Waals surface area contributed by atoms with Crippen LogP contribution in [0.2, 0.25) is 0 Å². The van der Waals surface area contributed by atoms with Crippen molar-refractivity contribution in [1.29, 1.82) is 0 Å². The normalized spacial score (nSPS) is 18.1. The van der Waals surface area contributed by atoms with Crippen molar-refractivity contribution in [2.45, 2.75) is 59.3 Å². The summed E-state index contributed by atoms with van der Waals surface area (Å²) in [5.41, 5.74) is 0.405. The lowest BCUT2D eigenvalue weighted by Gasteiger charge is -2.32. The number of guanidine groups is 1. The average Bonchev–Trinajstić information content (AvgIpc) is 2.97. The maximum Gasteiger partial charge on any atom is 0.211 e. The van der Waals surface area contributed by atoms with Crippen molar-refractivity contribution in [3.63, 3.8) is 0 Å². The Morgan fingerprint density at radius 1 is 1.17 bits per heavy atom. The fourth-order valence-electron chi connectivity index (χ4n) is 3.56. The number of sulfonamides is 1. The largest absolute Gasteiger partial charge is 0.356 e. The van der Waals surface area contributed by atoms with Crippen molar-refractivity contribution in [3.05, 3.63) is 0 Å². The predicted molar refractivity (Wildman–Crippen MR) is 102 cm³/mol. The lowest BCUT2D eigenvalue weighted by atomic mass is 9.78. The van der Waals surface area contributed by atoms with Crippen LogP contribution in [0.3, 0.4) is 0 Å². The summed E-state index contributed by atoms with van der Waals surface area (Å²) in [5.74, 6) is 1.65. The van der Waals surface area contributed by atoms with Gasteiger partial charge < -0.3 is 10.6 Å². The van der Waals surface area contributed by atoms with E-state index >= 15 is 0 Å². The highest BCUT2D eigenvalue weighted by Gasteiger charge is 2.34. The Labute approximate surface area is 148 Å². The zero-order chi connectivity index (χ0) is 18.1. The van der Waals surface area contributed by atoms with Crippen molar-refractivity contribution in [2.24, 2.45) is 16.3 Å². The predicted octanol–water partition coefficient (Wildman–Crippen LogP) is 2.09. The Kier molecular flexibility index (Phi) is 9.05. The molecule has 0 radical (unpaired) electrons. The number of hydrogen-bond donors (Lipinski definition) is 3. The average molecular weight is 361 g/mol. The Morgan fingerprint density at radius 2 is 1.83 bits per heavy atom. The van der Waals surface area contributed by atoms with Gasteiger partial charge in [0.1, 0.15) is 0 Å². The highest BCUT2D eigenvalue weighted by atomic mass is 32.2. The van der Waals surface area contributed by atoms with Crippen LogP contribution in [0.5, 0.6) is 0 Å². The maximum atomic E-state index is 11.4. The van der Waals surface area contributed by atoms with Crippen LogP contribution in [0.1, 0.15) is 59.3 Å². The summed E-state index contributed by atoms with van der Waals surface area (Å²) < 4.78 is 25.3. The molecule has 0 spiro atoms. The second kappa shape index (κ2) is 10.2. The number of rotatable bonds is 10. The van der Waals surface area contributed by atoms with Gasteiger partial charge in [0.15, 0.2) is 5.96 Å². The van der Waals surface area contributed by atoms with Gasteiger partial charge in [0.2, 0.25) is 10.0 Å². The van der Waals surface area contributed by atoms with Gasteiger partial charge in [0.25, 0.3) is 0 Å². The first-order chi connectivity index (χ1) is 11.3. The van der Waals surface area contributed by atoms with Crippen LogP contribution < -0.4 is 15.4 Å². The second-order valence-electron chi connectivity index (χ2n) is 7.31. The van der Waals surface area contributed by atoms with Crippen molar-refractivity contribution in [3.8, 4) is 0 Å². The molecule has 0 aliphatic heterocycles. The van der Waals surface area contributed by atoms with E-state index in [2.05, 4.69) is 34.2 Å². The summed E-state index contributed by atoms with van der Waals surface area (Å²) in [4.78, 5) is 4.28. The van der Waals surface area contributed by atoms with Gasteiger partial charge in [0.05, 0.1) is 5.75 Å². The fourth-order valence-corrected chi connectivity index (χ4v) is 4.22. The number of hydrogen-bond acceptors (Lipinski definition) is 3. The summed E-state index contributed by atoms with van der Waals surface area (Å²) in [6.07, 6.45) is 7.25. The minimum Gasteiger partial charge on any atom is -0.356 e. The maximum absolute atomic E-state index is 11.4. The van der Waals surface area contributed by atoms with E-state index < -0.39 is 10.0 Å². The van der Waals surface area contributed by atoms with E-state index in [1.165, 1.54) is 32.1 Å². The van der Waals surface area contributed by atoms with Crippen LogP contribution in [0, 0.1) is 11.3 Å². The van der Waals surface area contributed by atoms with Gasteiger partial charge in [-0.1, -0.05) is 26.7 Å². The Balaban J connectivity index is 2.32. The van der Waals surface area contributed by atoms with Crippen LogP contribution in [-0.4, -0.2) is 46.8 Å². The summed E-state index contributed by atoms with van der Waals surface area (Å²) in [5, 5.41) is 6.75. The monoisotopic (exact) mass is 360 g/mol. The highest BCUT2D eigenvalue weighted by molar-refractivity contribution is 7.89. The molecule has 0 atom stereocenters. The van der Waals surface area contributed by atoms with Crippen LogP contribution >= 0.6 is 0 Å². The van der Waals surface area contributed by atoms with Gasteiger partial charge in [0, 0.05) is 26.7 Å². The Bertz CT molecular complexity index is 483. The number of nitrogens with one attached hydrogen (secondary N) is 3. The topological polar surface area (TPSA) is 82.6 Å². The quantitative estimate of drug-likeness (QED) is 0.316. The first-order valence-corrected chi connectivity index (χ1v) is 10.9. The van der Waals surface area contributed by atoms with Crippen molar-refractivity contribution >= 4 is 16.0 Å². The van der Waals surface area contributed by atoms with Crippen LogP contribution in [0.25, 0.3) is 0 Å². The molecule has 0 aromatic rings. The molecule has 0 amide bonds. The first kappa shape index (κ1) is 21.2. The Morgan fingerprint density at radius 3 is 2.38 bits per heavy atom. The van der Waals surface area contributed by atoms with Crippen molar-refractivity contribution in [2.75, 3.05) is 32.4 Å². The smallest absolute Gasteiger partial charge is 0.211 e. The van der Waals surface area contributed by atoms with Gasteiger partial charge in [-0.25, -0.2) is 13.1 Å². The standard InChI is InChI=1S/C17H36N4O2S/c1-5-24(22,23)21-12-8-11-19-16(18-4)20-14-17(13-15(2)3)9-6-7-10-17/h15,21H,5-14H2,1-4H3,(H2,18,19,20). The number of aliphatic imine (C=N–C) groups is 1. The summed E-state index contributed by atoms with van der Waals surface area (Å²) >= 11 is 0. The molecule has 1 aliphatic carbocycles. The molecule has 1 aliphatic rings. The fraction of sp³-hybridized carbons (Fsp3) is 0.941. The molecule has 24 heavy (non-hydrogen) atoms. The molecule has 142 valence electrons. The summed E-state index contributed by atoms with van der Waals surface area (Å²) in [7, 11) is -1.31. The SMILES string of the molecule is CCS(=O)(=O)NCCCNC(=NC)NCC1(CC(C)C)CCCC1. The minimum atomic E-state index is -3.09. The van der Waals surface area contributed by atoms with E-state index in [1.54, 1.807) is 14.0 Å². The van der Waals surface area contributed by atoms with E-state index in [9.17, 15) is 8.42 Å². The molecule has 1 saturated carbocycles. The third-order valence-electron chi connectivity index (χ3n) is 4.71. The molecule has 0 unspecified atom stereocenters. The molecule has 0 bridgehead atoms. The lowest BCUT2D eigenvalue weighted by Crippen LogP contribution is -2.44. The van der Waals surface area contributed by atoms with Crippen LogP contribution in [-0.2, 0) is 10.0 Å². The molecule has 0 heterocycles. The zero-order valence-electron chi connectivity index (χ0n) is 15.8. The molecule has 0 aromatic heterocycles. The van der Waals surface area contributed by atoms with Crippen molar-refractivity contribution in [1.82, 2.24) is 15.4 Å². The van der Waals surface area contributed by atoms with E-state index in [0.29, 0.717) is 24.4 Å². The van der Waals surface area contributed by atoms with E-state index in [-0.39, 0.29) is 5.75 Å². The molecule has 0 aromatic carbocycles. The molecular formula is C17H36N4O2S. The van der Waals surface area contributed by atoms with E-state index in [1.807, 2.05) is 0 Å². The molecule has 1 fully saturated rings. The molecule has 6 nitrogen and oxygen atoms in total. The Hall–Kier alpha value is -0.820. The minimum absolute atomic E-state index is 0.127. The van der Waals surface area contributed by atoms with Gasteiger partial charge in [-0.2, -0.15) is 0 Å². The van der Waals surface area contributed by atoms with Gasteiger partial charge in [-0.15, -0.1) is 0 Å². The summed E-state index contributed by atoms with van der Waals surface area (Å²) in [6, 6.07) is 0. The van der Waals surface area contributed by atoms with Gasteiger partial charge in [-0.05, 0) is 43.9 Å². The number of nitrogens with zero attached hydrogens (tertiary/aromatic N) is 1. The zero-order valence-corrected chi connectivity index (χ0v) is 16.6. The molecule has 7 heteroatoms. The van der Waals surface area contributed by atoms with Crippen LogP contribution in [0.4, 0.5) is 0 Å².